The minimum Gasteiger partial charge on any atom is -0.465 e. The highest BCUT2D eigenvalue weighted by atomic mass is 19.3. The number of anilines is 1. The van der Waals surface area contributed by atoms with Gasteiger partial charge in [-0.05, 0) is 11.5 Å². The van der Waals surface area contributed by atoms with Gasteiger partial charge < -0.3 is 15.3 Å². The molecule has 1 aromatic rings. The van der Waals surface area contributed by atoms with Crippen molar-refractivity contribution in [2.75, 3.05) is 11.4 Å². The monoisotopic (exact) mass is 358 g/mol. The molecule has 25 heavy (non-hydrogen) atoms. The molecule has 2 heterocycles. The van der Waals surface area contributed by atoms with E-state index < -0.39 is 53.1 Å². The molecule has 1 amide bonds. The highest BCUT2D eigenvalue weighted by molar-refractivity contribution is 5.67. The average molecular weight is 358 g/mol. The lowest BCUT2D eigenvalue weighted by Crippen LogP contribution is -2.65. The summed E-state index contributed by atoms with van der Waals surface area (Å²) >= 11 is 0. The van der Waals surface area contributed by atoms with Crippen molar-refractivity contribution in [3.05, 3.63) is 28.6 Å². The topological polar surface area (TPSA) is 109 Å². The summed E-state index contributed by atoms with van der Waals surface area (Å²) in [6, 6.07) is -0.492. The van der Waals surface area contributed by atoms with Crippen LogP contribution in [0.1, 0.15) is 27.2 Å². The molecule has 2 atom stereocenters. The number of amides is 1. The Labute approximate surface area is 143 Å². The van der Waals surface area contributed by atoms with Gasteiger partial charge in [-0.2, -0.15) is 0 Å². The number of hydrogen-bond donors (Lipinski definition) is 2. The number of nitro groups is 1. The van der Waals surface area contributed by atoms with Crippen molar-refractivity contribution in [1.29, 1.82) is 0 Å². The Morgan fingerprint density at radius 1 is 1.52 bits per heavy atom. The standard InChI is InChI=1S/C15H20F2N4O4/c1-14(2,3)12-9(19-13(22)23)6-15(16,17)8-20(12)10-4-5-18-7-11(10)21(24)25/h4-5,7,9,12,19H,6,8H2,1-3H3,(H,22,23)/t9?,12-/m1/s1. The maximum Gasteiger partial charge on any atom is 0.404 e. The van der Waals surface area contributed by atoms with Crippen LogP contribution in [-0.4, -0.2) is 45.7 Å². The fourth-order valence-electron chi connectivity index (χ4n) is 3.42. The van der Waals surface area contributed by atoms with Crippen LogP contribution in [0.5, 0.6) is 0 Å². The number of rotatable bonds is 3. The summed E-state index contributed by atoms with van der Waals surface area (Å²) < 4.78 is 28.5. The van der Waals surface area contributed by atoms with E-state index in [4.69, 9.17) is 5.11 Å². The van der Waals surface area contributed by atoms with Crippen LogP contribution in [0.2, 0.25) is 0 Å². The van der Waals surface area contributed by atoms with Crippen LogP contribution in [0.25, 0.3) is 0 Å². The molecule has 0 aliphatic carbocycles. The first-order valence-electron chi connectivity index (χ1n) is 7.65. The smallest absolute Gasteiger partial charge is 0.404 e. The predicted molar refractivity (Wildman–Crippen MR) is 86.0 cm³/mol. The third-order valence-corrected chi connectivity index (χ3v) is 4.12. The molecule has 0 bridgehead atoms. The van der Waals surface area contributed by atoms with Crippen molar-refractivity contribution in [1.82, 2.24) is 10.3 Å². The van der Waals surface area contributed by atoms with Crippen LogP contribution in [0.4, 0.5) is 25.0 Å². The van der Waals surface area contributed by atoms with Gasteiger partial charge in [0.2, 0.25) is 0 Å². The van der Waals surface area contributed by atoms with E-state index in [1.54, 1.807) is 20.8 Å². The first-order chi connectivity index (χ1) is 11.4. The second-order valence-electron chi connectivity index (χ2n) is 7.18. The summed E-state index contributed by atoms with van der Waals surface area (Å²) in [6.07, 6.45) is 0.202. The second-order valence-corrected chi connectivity index (χ2v) is 7.18. The van der Waals surface area contributed by atoms with E-state index in [0.717, 1.165) is 6.20 Å². The maximum atomic E-state index is 14.3. The van der Waals surface area contributed by atoms with Gasteiger partial charge in [0.15, 0.2) is 0 Å². The normalized spacial score (nSPS) is 23.2. The lowest BCUT2D eigenvalue weighted by molar-refractivity contribution is -0.384. The quantitative estimate of drug-likeness (QED) is 0.635. The molecule has 0 radical (unpaired) electrons. The molecule has 0 spiro atoms. The largest absolute Gasteiger partial charge is 0.465 e. The van der Waals surface area contributed by atoms with Gasteiger partial charge in [0, 0.05) is 12.6 Å². The Morgan fingerprint density at radius 3 is 2.68 bits per heavy atom. The van der Waals surface area contributed by atoms with Crippen molar-refractivity contribution < 1.29 is 23.6 Å². The number of carbonyl (C=O) groups is 1. The van der Waals surface area contributed by atoms with E-state index in [-0.39, 0.29) is 5.69 Å². The summed E-state index contributed by atoms with van der Waals surface area (Å²) in [7, 11) is 0. The number of alkyl halides is 2. The van der Waals surface area contributed by atoms with Crippen molar-refractivity contribution in [3.8, 4) is 0 Å². The summed E-state index contributed by atoms with van der Waals surface area (Å²) in [5, 5.41) is 22.5. The molecule has 1 aliphatic rings. The molecule has 138 valence electrons. The number of halogens is 2. The minimum atomic E-state index is -3.20. The van der Waals surface area contributed by atoms with Crippen molar-refractivity contribution in [3.63, 3.8) is 0 Å². The number of pyridine rings is 1. The Kier molecular flexibility index (Phi) is 4.83. The summed E-state index contributed by atoms with van der Waals surface area (Å²) in [4.78, 5) is 26.6. The fraction of sp³-hybridized carbons (Fsp3) is 0.600. The zero-order chi connectivity index (χ0) is 19.0. The number of hydrogen-bond acceptors (Lipinski definition) is 5. The van der Waals surface area contributed by atoms with Crippen LogP contribution >= 0.6 is 0 Å². The fourth-order valence-corrected chi connectivity index (χ4v) is 3.42. The molecule has 2 rings (SSSR count). The van der Waals surface area contributed by atoms with Gasteiger partial charge in [-0.25, -0.2) is 13.6 Å². The molecule has 1 unspecified atom stereocenters. The number of carboxylic acid groups (broad SMARTS) is 1. The lowest BCUT2D eigenvalue weighted by atomic mass is 9.76. The molecular formula is C15H20F2N4O4. The SMILES string of the molecule is CC(C)(C)[C@H]1C(NC(=O)O)CC(F)(F)CN1c1ccncc1[N+](=O)[O-]. The van der Waals surface area contributed by atoms with Crippen LogP contribution < -0.4 is 10.2 Å². The number of aromatic nitrogens is 1. The van der Waals surface area contributed by atoms with Gasteiger partial charge in [0.05, 0.1) is 23.6 Å². The number of piperidine rings is 1. The Morgan fingerprint density at radius 2 is 2.16 bits per heavy atom. The first kappa shape index (κ1) is 18.8. The Balaban J connectivity index is 2.58. The molecule has 10 heteroatoms. The van der Waals surface area contributed by atoms with Gasteiger partial charge in [0.1, 0.15) is 11.9 Å². The molecule has 1 fully saturated rings. The van der Waals surface area contributed by atoms with E-state index in [0.29, 0.717) is 0 Å². The molecule has 2 N–H and O–H groups in total. The average Bonchev–Trinajstić information content (AvgIpc) is 2.43. The van der Waals surface area contributed by atoms with Gasteiger partial charge in [-0.1, -0.05) is 20.8 Å². The predicted octanol–water partition coefficient (Wildman–Crippen LogP) is 2.89. The van der Waals surface area contributed by atoms with Crippen molar-refractivity contribution >= 4 is 17.5 Å². The van der Waals surface area contributed by atoms with E-state index in [1.807, 2.05) is 0 Å². The Bertz CT molecular complexity index is 678. The minimum absolute atomic E-state index is 0.00325. The Hall–Kier alpha value is -2.52. The highest BCUT2D eigenvalue weighted by Crippen LogP contribution is 2.42. The third kappa shape index (κ3) is 4.12. The van der Waals surface area contributed by atoms with Crippen LogP contribution in [-0.2, 0) is 0 Å². The summed E-state index contributed by atoms with van der Waals surface area (Å²) in [5.74, 6) is -3.20. The lowest BCUT2D eigenvalue weighted by Gasteiger charge is -2.50. The highest BCUT2D eigenvalue weighted by Gasteiger charge is 2.51. The molecular weight excluding hydrogens is 338 g/mol. The van der Waals surface area contributed by atoms with Gasteiger partial charge in [-0.15, -0.1) is 0 Å². The zero-order valence-corrected chi connectivity index (χ0v) is 14.1. The van der Waals surface area contributed by atoms with E-state index in [1.165, 1.54) is 17.2 Å². The van der Waals surface area contributed by atoms with Gasteiger partial charge in [-0.3, -0.25) is 15.1 Å². The van der Waals surface area contributed by atoms with E-state index >= 15 is 0 Å². The molecule has 1 aliphatic heterocycles. The molecule has 0 aromatic carbocycles. The van der Waals surface area contributed by atoms with Crippen LogP contribution in [0, 0.1) is 15.5 Å². The summed E-state index contributed by atoms with van der Waals surface area (Å²) in [5.41, 5.74) is -1.03. The van der Waals surface area contributed by atoms with Crippen LogP contribution in [0.15, 0.2) is 18.5 Å². The third-order valence-electron chi connectivity index (χ3n) is 4.12. The van der Waals surface area contributed by atoms with E-state index in [2.05, 4.69) is 10.3 Å². The van der Waals surface area contributed by atoms with Crippen LogP contribution in [0.3, 0.4) is 0 Å². The second kappa shape index (κ2) is 6.41. The van der Waals surface area contributed by atoms with Gasteiger partial charge in [0.25, 0.3) is 5.92 Å². The summed E-state index contributed by atoms with van der Waals surface area (Å²) in [6.45, 7) is 4.59. The number of nitrogens with one attached hydrogen (secondary N) is 1. The molecule has 1 aromatic heterocycles. The first-order valence-corrected chi connectivity index (χ1v) is 7.65. The zero-order valence-electron chi connectivity index (χ0n) is 14.1. The molecule has 8 nitrogen and oxygen atoms in total. The van der Waals surface area contributed by atoms with Crippen molar-refractivity contribution in [2.24, 2.45) is 5.41 Å². The number of nitrogens with zero attached hydrogens (tertiary/aromatic N) is 3. The van der Waals surface area contributed by atoms with Crippen molar-refractivity contribution in [2.45, 2.75) is 45.2 Å². The van der Waals surface area contributed by atoms with E-state index in [9.17, 15) is 23.7 Å². The van der Waals surface area contributed by atoms with Gasteiger partial charge >= 0.3 is 11.8 Å². The molecule has 0 saturated carbocycles. The molecule has 1 saturated heterocycles. The maximum absolute atomic E-state index is 14.3.